The van der Waals surface area contributed by atoms with E-state index in [1.807, 2.05) is 88.4 Å². The molecule has 8 nitrogen and oxygen atoms in total. The lowest BCUT2D eigenvalue weighted by Crippen LogP contribution is -2.53. The Hall–Kier alpha value is -4.38. The van der Waals surface area contributed by atoms with E-state index in [-0.39, 0.29) is 12.5 Å². The summed E-state index contributed by atoms with van der Waals surface area (Å²) < 4.78 is 5.42. The van der Waals surface area contributed by atoms with Gasteiger partial charge in [-0.05, 0) is 86.6 Å². The summed E-state index contributed by atoms with van der Waals surface area (Å²) in [5, 5.41) is 17.5. The molecule has 3 rings (SSSR count). The number of alkyl carbamates (subject to hydrolysis) is 1. The molecule has 0 fully saturated rings. The molecular formula is C33H40N4O4. The number of hydrogen-bond acceptors (Lipinski definition) is 5. The van der Waals surface area contributed by atoms with Gasteiger partial charge in [-0.25, -0.2) is 4.79 Å². The molecule has 216 valence electrons. The van der Waals surface area contributed by atoms with Crippen LogP contribution in [0, 0.1) is 31.1 Å². The summed E-state index contributed by atoms with van der Waals surface area (Å²) in [5.41, 5.74) is 2.05. The summed E-state index contributed by atoms with van der Waals surface area (Å²) in [5.74, 6) is -0.956. The van der Waals surface area contributed by atoms with Crippen molar-refractivity contribution >= 4 is 34.4 Å². The lowest BCUT2D eigenvalue weighted by atomic mass is 9.93. The number of aryl methyl sites for hydroxylation is 2. The monoisotopic (exact) mass is 556 g/mol. The highest BCUT2D eigenvalue weighted by Gasteiger charge is 2.38. The molecule has 0 bridgehead atoms. The molecule has 0 aliphatic heterocycles. The summed E-state index contributed by atoms with van der Waals surface area (Å²) >= 11 is 0. The van der Waals surface area contributed by atoms with E-state index in [0.29, 0.717) is 17.7 Å². The van der Waals surface area contributed by atoms with Crippen molar-refractivity contribution in [3.05, 3.63) is 77.4 Å². The van der Waals surface area contributed by atoms with Crippen molar-refractivity contribution in [3.8, 4) is 6.07 Å². The molecule has 2 N–H and O–H groups in total. The van der Waals surface area contributed by atoms with Gasteiger partial charge in [0.2, 0.25) is 5.91 Å². The van der Waals surface area contributed by atoms with E-state index in [0.717, 1.165) is 21.9 Å². The molecule has 0 aliphatic rings. The Bertz CT molecular complexity index is 1430. The van der Waals surface area contributed by atoms with Crippen LogP contribution >= 0.6 is 0 Å². The number of hydrogen-bond donors (Lipinski definition) is 2. The molecular weight excluding hydrogens is 516 g/mol. The van der Waals surface area contributed by atoms with E-state index >= 15 is 0 Å². The first-order valence-electron chi connectivity index (χ1n) is 13.8. The van der Waals surface area contributed by atoms with Gasteiger partial charge < -0.3 is 20.3 Å². The average Bonchev–Trinajstić information content (AvgIpc) is 2.87. The van der Waals surface area contributed by atoms with Gasteiger partial charge in [-0.1, -0.05) is 62.4 Å². The SMILES string of the molecule is Cc1cccc(C)c1C(C(=O)Nc1ccc2ccccc2c1)N(CC#N)C(=O)C(CC(C)C)NC(=O)OC(C)(C)C. The minimum atomic E-state index is -1.12. The molecule has 3 aromatic rings. The normalized spacial score (nSPS) is 12.8. The van der Waals surface area contributed by atoms with Crippen LogP contribution < -0.4 is 10.6 Å². The second-order valence-electron chi connectivity index (χ2n) is 11.7. The lowest BCUT2D eigenvalue weighted by molar-refractivity contribution is -0.140. The number of fused-ring (bicyclic) bond motifs is 1. The first-order valence-corrected chi connectivity index (χ1v) is 13.8. The number of nitrogens with one attached hydrogen (secondary N) is 2. The van der Waals surface area contributed by atoms with Gasteiger partial charge in [0.1, 0.15) is 24.2 Å². The third-order valence-electron chi connectivity index (χ3n) is 6.61. The van der Waals surface area contributed by atoms with E-state index in [4.69, 9.17) is 4.74 Å². The molecule has 41 heavy (non-hydrogen) atoms. The fourth-order valence-electron chi connectivity index (χ4n) is 4.88. The zero-order valence-corrected chi connectivity index (χ0v) is 24.9. The number of carbonyl (C=O) groups is 3. The highest BCUT2D eigenvalue weighted by atomic mass is 16.6. The molecule has 0 spiro atoms. The summed E-state index contributed by atoms with van der Waals surface area (Å²) in [6.07, 6.45) is -0.441. The van der Waals surface area contributed by atoms with E-state index in [9.17, 15) is 19.6 Å². The number of ether oxygens (including phenoxy) is 1. The summed E-state index contributed by atoms with van der Waals surface area (Å²) in [4.78, 5) is 42.2. The van der Waals surface area contributed by atoms with Gasteiger partial charge in [0.05, 0.1) is 6.07 Å². The maximum absolute atomic E-state index is 14.2. The van der Waals surface area contributed by atoms with Crippen LogP contribution in [0.1, 0.15) is 63.8 Å². The number of amides is 3. The molecule has 0 saturated carbocycles. The van der Waals surface area contributed by atoms with Crippen LogP contribution in [0.5, 0.6) is 0 Å². The first-order chi connectivity index (χ1) is 19.3. The fraction of sp³-hybridized carbons (Fsp3) is 0.394. The predicted octanol–water partition coefficient (Wildman–Crippen LogP) is 6.43. The average molecular weight is 557 g/mol. The minimum Gasteiger partial charge on any atom is -0.444 e. The molecule has 8 heteroatoms. The highest BCUT2D eigenvalue weighted by molar-refractivity contribution is 6.00. The number of nitriles is 1. The van der Waals surface area contributed by atoms with Gasteiger partial charge in [-0.3, -0.25) is 9.59 Å². The standard InChI is InChI=1S/C33H40N4O4/c1-21(2)19-27(36-32(40)41-33(5,6)7)31(39)37(18-17-34)29(28-22(3)11-10-12-23(28)4)30(38)35-26-16-15-24-13-8-9-14-25(24)20-26/h8-16,20-21,27,29H,18-19H2,1-7H3,(H,35,38)(H,36,40). The van der Waals surface area contributed by atoms with E-state index in [1.54, 1.807) is 20.8 Å². The second-order valence-corrected chi connectivity index (χ2v) is 11.7. The first kappa shape index (κ1) is 31.2. The van der Waals surface area contributed by atoms with Crippen molar-refractivity contribution in [2.45, 2.75) is 72.6 Å². The molecule has 0 saturated heterocycles. The molecule has 0 radical (unpaired) electrons. The fourth-order valence-corrected chi connectivity index (χ4v) is 4.88. The highest BCUT2D eigenvalue weighted by Crippen LogP contribution is 2.30. The molecule has 2 atom stereocenters. The maximum Gasteiger partial charge on any atom is 0.408 e. The van der Waals surface area contributed by atoms with E-state index < -0.39 is 35.6 Å². The molecule has 0 aromatic heterocycles. The third kappa shape index (κ3) is 8.31. The molecule has 0 aliphatic carbocycles. The van der Waals surface area contributed by atoms with Gasteiger partial charge in [0, 0.05) is 5.69 Å². The van der Waals surface area contributed by atoms with Crippen LogP contribution in [0.2, 0.25) is 0 Å². The molecule has 2 unspecified atom stereocenters. The number of nitrogens with zero attached hydrogens (tertiary/aromatic N) is 2. The van der Waals surface area contributed by atoms with Crippen molar-refractivity contribution in [1.82, 2.24) is 10.2 Å². The molecule has 3 aromatic carbocycles. The van der Waals surface area contributed by atoms with Crippen LogP contribution in [0.4, 0.5) is 10.5 Å². The Morgan fingerprint density at radius 2 is 1.59 bits per heavy atom. The second kappa shape index (κ2) is 13.3. The number of rotatable bonds is 9. The van der Waals surface area contributed by atoms with Gasteiger partial charge >= 0.3 is 6.09 Å². The topological polar surface area (TPSA) is 112 Å². The van der Waals surface area contributed by atoms with Gasteiger partial charge in [-0.15, -0.1) is 0 Å². The van der Waals surface area contributed by atoms with Gasteiger partial charge in [0.25, 0.3) is 5.91 Å². The molecule has 3 amide bonds. The zero-order valence-electron chi connectivity index (χ0n) is 24.9. The zero-order chi connectivity index (χ0) is 30.3. The van der Waals surface area contributed by atoms with Crippen LogP contribution in [-0.4, -0.2) is 41.0 Å². The lowest BCUT2D eigenvalue weighted by Gasteiger charge is -2.34. The van der Waals surface area contributed by atoms with Crippen molar-refractivity contribution in [1.29, 1.82) is 5.26 Å². The van der Waals surface area contributed by atoms with Crippen molar-refractivity contribution < 1.29 is 19.1 Å². The summed E-state index contributed by atoms with van der Waals surface area (Å²) in [6, 6.07) is 19.0. The van der Waals surface area contributed by atoms with Crippen molar-refractivity contribution in [2.75, 3.05) is 11.9 Å². The van der Waals surface area contributed by atoms with E-state index in [1.165, 1.54) is 4.90 Å². The van der Waals surface area contributed by atoms with Crippen LogP contribution in [-0.2, 0) is 14.3 Å². The van der Waals surface area contributed by atoms with Gasteiger partial charge in [0.15, 0.2) is 0 Å². The van der Waals surface area contributed by atoms with Crippen LogP contribution in [0.25, 0.3) is 10.8 Å². The summed E-state index contributed by atoms with van der Waals surface area (Å²) in [6.45, 7) is 12.5. The van der Waals surface area contributed by atoms with Crippen LogP contribution in [0.3, 0.4) is 0 Å². The number of anilines is 1. The summed E-state index contributed by atoms with van der Waals surface area (Å²) in [7, 11) is 0. The Morgan fingerprint density at radius 3 is 2.17 bits per heavy atom. The third-order valence-corrected chi connectivity index (χ3v) is 6.61. The Morgan fingerprint density at radius 1 is 0.951 bits per heavy atom. The number of carbonyl (C=O) groups excluding carboxylic acids is 3. The Balaban J connectivity index is 2.06. The minimum absolute atomic E-state index is 0.0351. The largest absolute Gasteiger partial charge is 0.444 e. The van der Waals surface area contributed by atoms with Crippen molar-refractivity contribution in [3.63, 3.8) is 0 Å². The quantitative estimate of drug-likeness (QED) is 0.295. The molecule has 0 heterocycles. The van der Waals surface area contributed by atoms with Crippen molar-refractivity contribution in [2.24, 2.45) is 5.92 Å². The van der Waals surface area contributed by atoms with Gasteiger partial charge in [-0.2, -0.15) is 5.26 Å². The maximum atomic E-state index is 14.2. The smallest absolute Gasteiger partial charge is 0.408 e. The Kier molecular flexibility index (Phi) is 10.1. The number of benzene rings is 3. The van der Waals surface area contributed by atoms with Crippen LogP contribution in [0.15, 0.2) is 60.7 Å². The van der Waals surface area contributed by atoms with E-state index in [2.05, 4.69) is 16.7 Å². The predicted molar refractivity (Wildman–Crippen MR) is 161 cm³/mol. The Labute approximate surface area is 242 Å².